The standard InChI is InChI=1S/C15H16O3/c1-10-5-4-6-13-11(2)7-12(8-16)15(14(10)13)18-9-17-3/h4-8H,9H2,1-3H3. The van der Waals surface area contributed by atoms with E-state index < -0.39 is 0 Å². The maximum Gasteiger partial charge on any atom is 0.188 e. The Morgan fingerprint density at radius 3 is 2.67 bits per heavy atom. The van der Waals surface area contributed by atoms with E-state index in [1.807, 2.05) is 38.1 Å². The van der Waals surface area contributed by atoms with Crippen molar-refractivity contribution in [2.24, 2.45) is 0 Å². The Labute approximate surface area is 106 Å². The number of carbonyl (C=O) groups is 1. The van der Waals surface area contributed by atoms with Gasteiger partial charge in [0.15, 0.2) is 13.1 Å². The van der Waals surface area contributed by atoms with Crippen LogP contribution in [0.2, 0.25) is 0 Å². The normalized spacial score (nSPS) is 10.6. The monoisotopic (exact) mass is 244 g/mol. The third-order valence-electron chi connectivity index (χ3n) is 3.01. The number of aryl methyl sites for hydroxylation is 2. The lowest BCUT2D eigenvalue weighted by atomic mass is 9.97. The predicted octanol–water partition coefficient (Wildman–Crippen LogP) is 3.25. The highest BCUT2D eigenvalue weighted by molar-refractivity contribution is 5.99. The molecule has 18 heavy (non-hydrogen) atoms. The van der Waals surface area contributed by atoms with Crippen molar-refractivity contribution in [1.29, 1.82) is 0 Å². The van der Waals surface area contributed by atoms with Gasteiger partial charge >= 0.3 is 0 Å². The van der Waals surface area contributed by atoms with Gasteiger partial charge in [-0.1, -0.05) is 18.2 Å². The Balaban J connectivity index is 2.77. The van der Waals surface area contributed by atoms with Crippen molar-refractivity contribution < 1.29 is 14.3 Å². The van der Waals surface area contributed by atoms with Crippen LogP contribution in [0.4, 0.5) is 0 Å². The first-order valence-corrected chi connectivity index (χ1v) is 5.79. The molecule has 0 atom stereocenters. The average molecular weight is 244 g/mol. The van der Waals surface area contributed by atoms with Crippen LogP contribution < -0.4 is 4.74 Å². The molecule has 0 aliphatic rings. The van der Waals surface area contributed by atoms with Crippen molar-refractivity contribution in [3.8, 4) is 5.75 Å². The zero-order valence-corrected chi connectivity index (χ0v) is 10.8. The molecule has 0 bridgehead atoms. The van der Waals surface area contributed by atoms with Crippen LogP contribution in [0, 0.1) is 13.8 Å². The predicted molar refractivity (Wildman–Crippen MR) is 71.3 cm³/mol. The van der Waals surface area contributed by atoms with Gasteiger partial charge in [-0.05, 0) is 36.4 Å². The van der Waals surface area contributed by atoms with Gasteiger partial charge in [0.25, 0.3) is 0 Å². The zero-order chi connectivity index (χ0) is 13.1. The van der Waals surface area contributed by atoms with Gasteiger partial charge in [0.05, 0.1) is 5.56 Å². The van der Waals surface area contributed by atoms with Gasteiger partial charge < -0.3 is 9.47 Å². The molecule has 3 heteroatoms. The van der Waals surface area contributed by atoms with E-state index in [0.29, 0.717) is 11.3 Å². The molecule has 0 amide bonds. The highest BCUT2D eigenvalue weighted by atomic mass is 16.7. The first-order chi connectivity index (χ1) is 8.69. The summed E-state index contributed by atoms with van der Waals surface area (Å²) in [6, 6.07) is 7.90. The van der Waals surface area contributed by atoms with Crippen LogP contribution in [0.15, 0.2) is 24.3 Å². The fraction of sp³-hybridized carbons (Fsp3) is 0.267. The summed E-state index contributed by atoms with van der Waals surface area (Å²) in [6.45, 7) is 4.14. The van der Waals surface area contributed by atoms with E-state index in [9.17, 15) is 4.79 Å². The Bertz CT molecular complexity index is 588. The van der Waals surface area contributed by atoms with Gasteiger partial charge in [-0.25, -0.2) is 0 Å². The van der Waals surface area contributed by atoms with Gasteiger partial charge in [0, 0.05) is 12.5 Å². The number of aldehydes is 1. The van der Waals surface area contributed by atoms with E-state index in [1.54, 1.807) is 7.11 Å². The summed E-state index contributed by atoms with van der Waals surface area (Å²) in [6.07, 6.45) is 0.823. The van der Waals surface area contributed by atoms with Crippen molar-refractivity contribution in [1.82, 2.24) is 0 Å². The van der Waals surface area contributed by atoms with Crippen molar-refractivity contribution >= 4 is 17.1 Å². The van der Waals surface area contributed by atoms with E-state index in [0.717, 1.165) is 28.2 Å². The number of ether oxygens (including phenoxy) is 2. The Hall–Kier alpha value is -1.87. The fourth-order valence-electron chi connectivity index (χ4n) is 2.18. The molecule has 94 valence electrons. The number of rotatable bonds is 4. The lowest BCUT2D eigenvalue weighted by molar-refractivity contribution is 0.0516. The highest BCUT2D eigenvalue weighted by Gasteiger charge is 2.13. The minimum absolute atomic E-state index is 0.132. The molecule has 2 aromatic carbocycles. The number of methoxy groups -OCH3 is 1. The minimum atomic E-state index is 0.132. The molecule has 0 heterocycles. The summed E-state index contributed by atoms with van der Waals surface area (Å²) in [5.41, 5.74) is 2.72. The molecule has 2 aromatic rings. The van der Waals surface area contributed by atoms with Crippen LogP contribution >= 0.6 is 0 Å². The van der Waals surface area contributed by atoms with Crippen molar-refractivity contribution in [3.05, 3.63) is 41.0 Å². The maximum atomic E-state index is 11.2. The second-order valence-electron chi connectivity index (χ2n) is 4.28. The highest BCUT2D eigenvalue weighted by Crippen LogP contribution is 2.34. The van der Waals surface area contributed by atoms with Crippen LogP contribution in [0.5, 0.6) is 5.75 Å². The number of benzene rings is 2. The molecule has 0 spiro atoms. The van der Waals surface area contributed by atoms with E-state index >= 15 is 0 Å². The van der Waals surface area contributed by atoms with Gasteiger partial charge in [-0.3, -0.25) is 4.79 Å². The van der Waals surface area contributed by atoms with Crippen molar-refractivity contribution in [3.63, 3.8) is 0 Å². The number of fused-ring (bicyclic) bond motifs is 1. The van der Waals surface area contributed by atoms with Crippen LogP contribution in [0.25, 0.3) is 10.8 Å². The van der Waals surface area contributed by atoms with Gasteiger partial charge in [-0.2, -0.15) is 0 Å². The molecule has 0 aromatic heterocycles. The first-order valence-electron chi connectivity index (χ1n) is 5.79. The average Bonchev–Trinajstić information content (AvgIpc) is 2.38. The second-order valence-corrected chi connectivity index (χ2v) is 4.28. The van der Waals surface area contributed by atoms with Crippen LogP contribution in [0.1, 0.15) is 21.5 Å². The molecule has 0 aliphatic heterocycles. The number of carbonyl (C=O) groups excluding carboxylic acids is 1. The summed E-state index contributed by atoms with van der Waals surface area (Å²) >= 11 is 0. The van der Waals surface area contributed by atoms with E-state index in [4.69, 9.17) is 9.47 Å². The van der Waals surface area contributed by atoms with Crippen LogP contribution in [-0.4, -0.2) is 20.2 Å². The maximum absolute atomic E-state index is 11.2. The summed E-state index contributed by atoms with van der Waals surface area (Å²) in [5, 5.41) is 2.09. The smallest absolute Gasteiger partial charge is 0.188 e. The lowest BCUT2D eigenvalue weighted by Gasteiger charge is -2.14. The Morgan fingerprint density at radius 1 is 1.22 bits per heavy atom. The van der Waals surface area contributed by atoms with Gasteiger partial charge in [-0.15, -0.1) is 0 Å². The number of hydrogen-bond donors (Lipinski definition) is 0. The Kier molecular flexibility index (Phi) is 3.63. The van der Waals surface area contributed by atoms with Gasteiger partial charge in [0.2, 0.25) is 0 Å². The van der Waals surface area contributed by atoms with Crippen molar-refractivity contribution in [2.75, 3.05) is 13.9 Å². The molecule has 0 fully saturated rings. The quantitative estimate of drug-likeness (QED) is 0.611. The molecule has 2 rings (SSSR count). The summed E-state index contributed by atoms with van der Waals surface area (Å²) in [5.74, 6) is 0.602. The van der Waals surface area contributed by atoms with Crippen LogP contribution in [0.3, 0.4) is 0 Å². The third kappa shape index (κ3) is 2.09. The lowest BCUT2D eigenvalue weighted by Crippen LogP contribution is -2.03. The Morgan fingerprint density at radius 2 is 2.00 bits per heavy atom. The molecular formula is C15H16O3. The van der Waals surface area contributed by atoms with E-state index in [1.165, 1.54) is 0 Å². The van der Waals surface area contributed by atoms with Crippen molar-refractivity contribution in [2.45, 2.75) is 13.8 Å². The first kappa shape index (κ1) is 12.6. The summed E-state index contributed by atoms with van der Waals surface area (Å²) in [4.78, 5) is 11.2. The summed E-state index contributed by atoms with van der Waals surface area (Å²) in [7, 11) is 1.56. The molecule has 0 saturated heterocycles. The van der Waals surface area contributed by atoms with E-state index in [2.05, 4.69) is 0 Å². The molecule has 0 radical (unpaired) electrons. The fourth-order valence-corrected chi connectivity index (χ4v) is 2.18. The largest absolute Gasteiger partial charge is 0.466 e. The SMILES string of the molecule is COCOc1c(C=O)cc(C)c2cccc(C)c12. The number of hydrogen-bond acceptors (Lipinski definition) is 3. The molecule has 0 unspecified atom stereocenters. The third-order valence-corrected chi connectivity index (χ3v) is 3.01. The second kappa shape index (κ2) is 5.19. The summed E-state index contributed by atoms with van der Waals surface area (Å²) < 4.78 is 10.5. The molecule has 0 saturated carbocycles. The molecular weight excluding hydrogens is 228 g/mol. The topological polar surface area (TPSA) is 35.5 Å². The van der Waals surface area contributed by atoms with Gasteiger partial charge in [0.1, 0.15) is 5.75 Å². The molecule has 3 nitrogen and oxygen atoms in total. The van der Waals surface area contributed by atoms with Crippen LogP contribution in [-0.2, 0) is 4.74 Å². The minimum Gasteiger partial charge on any atom is -0.466 e. The molecule has 0 N–H and O–H groups in total. The zero-order valence-electron chi connectivity index (χ0n) is 10.8. The molecule has 0 aliphatic carbocycles. The van der Waals surface area contributed by atoms with E-state index in [-0.39, 0.29) is 6.79 Å².